The third-order valence-electron chi connectivity index (χ3n) is 4.09. The van der Waals surface area contributed by atoms with Gasteiger partial charge in [-0.2, -0.15) is 0 Å². The maximum Gasteiger partial charge on any atom is 0.120 e. The van der Waals surface area contributed by atoms with E-state index < -0.39 is 0 Å². The summed E-state index contributed by atoms with van der Waals surface area (Å²) in [6.07, 6.45) is 7.70. The lowest BCUT2D eigenvalue weighted by Crippen LogP contribution is -2.27. The molecular formula is C15H19ClO2. The molecule has 0 bridgehead atoms. The van der Waals surface area contributed by atoms with Gasteiger partial charge in [0, 0.05) is 5.02 Å². The molecule has 0 amide bonds. The molecule has 2 nitrogen and oxygen atoms in total. The van der Waals surface area contributed by atoms with Gasteiger partial charge in [0.25, 0.3) is 0 Å². The summed E-state index contributed by atoms with van der Waals surface area (Å²) in [6.45, 7) is 0.641. The molecule has 0 aromatic heterocycles. The summed E-state index contributed by atoms with van der Waals surface area (Å²) in [6, 6.07) is 7.55. The van der Waals surface area contributed by atoms with E-state index in [4.69, 9.17) is 21.1 Å². The molecule has 1 aromatic carbocycles. The highest BCUT2D eigenvalue weighted by Gasteiger charge is 2.42. The first-order chi connectivity index (χ1) is 8.76. The van der Waals surface area contributed by atoms with Crippen LogP contribution in [-0.2, 0) is 4.74 Å². The lowest BCUT2D eigenvalue weighted by atomic mass is 9.98. The van der Waals surface area contributed by atoms with Crippen LogP contribution in [0.1, 0.15) is 38.5 Å². The average Bonchev–Trinajstić information content (AvgIpc) is 2.98. The van der Waals surface area contributed by atoms with Crippen LogP contribution in [0.15, 0.2) is 24.3 Å². The third kappa shape index (κ3) is 2.65. The van der Waals surface area contributed by atoms with Gasteiger partial charge in [-0.25, -0.2) is 0 Å². The Hall–Kier alpha value is -0.730. The first-order valence-electron chi connectivity index (χ1n) is 6.82. The smallest absolute Gasteiger partial charge is 0.120 e. The van der Waals surface area contributed by atoms with Crippen molar-refractivity contribution in [3.8, 4) is 5.75 Å². The first-order valence-corrected chi connectivity index (χ1v) is 7.20. The Bertz CT molecular complexity index is 413. The molecule has 18 heavy (non-hydrogen) atoms. The van der Waals surface area contributed by atoms with Gasteiger partial charge in [-0.15, -0.1) is 0 Å². The molecule has 0 radical (unpaired) electrons. The SMILES string of the molecule is Clc1cccc(OCC2CCC3(CCCC3)O2)c1. The van der Waals surface area contributed by atoms with Crippen LogP contribution in [-0.4, -0.2) is 18.3 Å². The molecule has 3 heteroatoms. The van der Waals surface area contributed by atoms with Gasteiger partial charge < -0.3 is 9.47 Å². The van der Waals surface area contributed by atoms with Crippen molar-refractivity contribution in [2.45, 2.75) is 50.2 Å². The van der Waals surface area contributed by atoms with E-state index in [1.807, 2.05) is 24.3 Å². The highest BCUT2D eigenvalue weighted by molar-refractivity contribution is 6.30. The maximum atomic E-state index is 6.20. The van der Waals surface area contributed by atoms with E-state index in [0.717, 1.165) is 12.2 Å². The molecule has 1 aliphatic carbocycles. The first kappa shape index (κ1) is 12.3. The fraction of sp³-hybridized carbons (Fsp3) is 0.600. The van der Waals surface area contributed by atoms with Crippen molar-refractivity contribution >= 4 is 11.6 Å². The molecule has 1 atom stereocenters. The van der Waals surface area contributed by atoms with E-state index in [0.29, 0.717) is 11.6 Å². The summed E-state index contributed by atoms with van der Waals surface area (Å²) in [5.41, 5.74) is 0.197. The third-order valence-corrected chi connectivity index (χ3v) is 4.32. The van der Waals surface area contributed by atoms with E-state index in [-0.39, 0.29) is 11.7 Å². The minimum absolute atomic E-state index is 0.197. The van der Waals surface area contributed by atoms with Crippen molar-refractivity contribution in [3.05, 3.63) is 29.3 Å². The van der Waals surface area contributed by atoms with Crippen LogP contribution < -0.4 is 4.74 Å². The Morgan fingerprint density at radius 3 is 2.89 bits per heavy atom. The molecule has 1 spiro atoms. The fourth-order valence-corrected chi connectivity index (χ4v) is 3.33. The van der Waals surface area contributed by atoms with E-state index in [2.05, 4.69) is 0 Å². The van der Waals surface area contributed by atoms with E-state index >= 15 is 0 Å². The summed E-state index contributed by atoms with van der Waals surface area (Å²) < 4.78 is 12.0. The van der Waals surface area contributed by atoms with Crippen molar-refractivity contribution in [2.24, 2.45) is 0 Å². The second-order valence-corrected chi connectivity index (χ2v) is 5.87. The van der Waals surface area contributed by atoms with Gasteiger partial charge in [0.2, 0.25) is 0 Å². The molecule has 1 heterocycles. The number of rotatable bonds is 3. The van der Waals surface area contributed by atoms with Crippen molar-refractivity contribution in [3.63, 3.8) is 0 Å². The predicted octanol–water partition coefficient (Wildman–Crippen LogP) is 4.21. The Balaban J connectivity index is 1.52. The zero-order valence-corrected chi connectivity index (χ0v) is 11.3. The molecule has 1 unspecified atom stereocenters. The Kier molecular flexibility index (Phi) is 3.49. The summed E-state index contributed by atoms with van der Waals surface area (Å²) in [5, 5.41) is 0.715. The quantitative estimate of drug-likeness (QED) is 0.816. The monoisotopic (exact) mass is 266 g/mol. The minimum atomic E-state index is 0.197. The van der Waals surface area contributed by atoms with Gasteiger partial charge in [0.1, 0.15) is 12.4 Å². The zero-order chi connectivity index (χ0) is 12.4. The van der Waals surface area contributed by atoms with Gasteiger partial charge in [-0.05, 0) is 43.9 Å². The van der Waals surface area contributed by atoms with Crippen molar-refractivity contribution in [1.29, 1.82) is 0 Å². The Labute approximate surface area is 113 Å². The maximum absolute atomic E-state index is 6.20. The molecule has 98 valence electrons. The zero-order valence-electron chi connectivity index (χ0n) is 10.5. The largest absolute Gasteiger partial charge is 0.491 e. The van der Waals surface area contributed by atoms with Crippen LogP contribution in [0, 0.1) is 0 Å². The second-order valence-electron chi connectivity index (χ2n) is 5.44. The predicted molar refractivity (Wildman–Crippen MR) is 72.3 cm³/mol. The van der Waals surface area contributed by atoms with E-state index in [1.54, 1.807) is 0 Å². The molecular weight excluding hydrogens is 248 g/mol. The van der Waals surface area contributed by atoms with Crippen molar-refractivity contribution in [2.75, 3.05) is 6.61 Å². The van der Waals surface area contributed by atoms with Gasteiger partial charge in [0.15, 0.2) is 0 Å². The summed E-state index contributed by atoms with van der Waals surface area (Å²) in [5.74, 6) is 0.832. The number of hydrogen-bond donors (Lipinski definition) is 0. The molecule has 2 fully saturated rings. The molecule has 1 aliphatic heterocycles. The average molecular weight is 267 g/mol. The van der Waals surface area contributed by atoms with E-state index in [1.165, 1.54) is 32.1 Å². The van der Waals surface area contributed by atoms with Crippen LogP contribution in [0.4, 0.5) is 0 Å². The van der Waals surface area contributed by atoms with Gasteiger partial charge in [-0.3, -0.25) is 0 Å². The standard InChI is InChI=1S/C15H19ClO2/c16-12-4-3-5-13(10-12)17-11-14-6-9-15(18-14)7-1-2-8-15/h3-5,10,14H,1-2,6-9,11H2. The van der Waals surface area contributed by atoms with Crippen molar-refractivity contribution < 1.29 is 9.47 Å². The highest BCUT2D eigenvalue weighted by atomic mass is 35.5. The fourth-order valence-electron chi connectivity index (χ4n) is 3.15. The van der Waals surface area contributed by atoms with Gasteiger partial charge >= 0.3 is 0 Å². The second kappa shape index (κ2) is 5.10. The minimum Gasteiger partial charge on any atom is -0.491 e. The molecule has 3 rings (SSSR count). The van der Waals surface area contributed by atoms with Crippen LogP contribution in [0.5, 0.6) is 5.75 Å². The Morgan fingerprint density at radius 1 is 1.28 bits per heavy atom. The van der Waals surface area contributed by atoms with Crippen LogP contribution in [0.3, 0.4) is 0 Å². The number of hydrogen-bond acceptors (Lipinski definition) is 2. The lowest BCUT2D eigenvalue weighted by Gasteiger charge is -2.23. The summed E-state index contributed by atoms with van der Waals surface area (Å²) >= 11 is 5.93. The van der Waals surface area contributed by atoms with Crippen LogP contribution in [0.2, 0.25) is 5.02 Å². The van der Waals surface area contributed by atoms with E-state index in [9.17, 15) is 0 Å². The van der Waals surface area contributed by atoms with Gasteiger partial charge in [-0.1, -0.05) is 30.5 Å². The molecule has 1 saturated carbocycles. The molecule has 1 saturated heterocycles. The van der Waals surface area contributed by atoms with Crippen LogP contribution in [0.25, 0.3) is 0 Å². The highest BCUT2D eigenvalue weighted by Crippen LogP contribution is 2.43. The van der Waals surface area contributed by atoms with Gasteiger partial charge in [0.05, 0.1) is 11.7 Å². The molecule has 1 aromatic rings. The normalized spacial score (nSPS) is 25.7. The van der Waals surface area contributed by atoms with Crippen molar-refractivity contribution in [1.82, 2.24) is 0 Å². The molecule has 0 N–H and O–H groups in total. The Morgan fingerprint density at radius 2 is 2.11 bits per heavy atom. The number of benzene rings is 1. The summed E-state index contributed by atoms with van der Waals surface area (Å²) in [7, 11) is 0. The van der Waals surface area contributed by atoms with Crippen LogP contribution >= 0.6 is 11.6 Å². The lowest BCUT2D eigenvalue weighted by molar-refractivity contribution is -0.0508. The topological polar surface area (TPSA) is 18.5 Å². The molecule has 2 aliphatic rings. The summed E-state index contributed by atoms with van der Waals surface area (Å²) in [4.78, 5) is 0. The number of ether oxygens (including phenoxy) is 2. The number of halogens is 1.